The number of ether oxygens (including phenoxy) is 1. The maximum Gasteiger partial charge on any atom is 0.185 e. The highest BCUT2D eigenvalue weighted by molar-refractivity contribution is 7.13. The third-order valence-electron chi connectivity index (χ3n) is 2.72. The Bertz CT molecular complexity index is 321. The van der Waals surface area contributed by atoms with Gasteiger partial charge < -0.3 is 15.0 Å². The highest BCUT2D eigenvalue weighted by Crippen LogP contribution is 2.18. The summed E-state index contributed by atoms with van der Waals surface area (Å²) in [6, 6.07) is 0.596. The number of nitrogens with zero attached hydrogens (tertiary/aromatic N) is 2. The van der Waals surface area contributed by atoms with E-state index in [4.69, 9.17) is 4.74 Å². The van der Waals surface area contributed by atoms with Crippen molar-refractivity contribution in [3.63, 3.8) is 0 Å². The standard InChI is InChI=1S/C11H19N3OS/c1-14(2)11-13-10(8-16-11)7-12-9-3-5-15-6-4-9/h8-9,12H,3-7H2,1-2H3. The van der Waals surface area contributed by atoms with Crippen LogP contribution in [0.1, 0.15) is 18.5 Å². The lowest BCUT2D eigenvalue weighted by Gasteiger charge is -2.22. The summed E-state index contributed by atoms with van der Waals surface area (Å²) in [7, 11) is 4.04. The molecule has 2 rings (SSSR count). The van der Waals surface area contributed by atoms with Gasteiger partial charge in [0.2, 0.25) is 0 Å². The molecule has 0 unspecified atom stereocenters. The highest BCUT2D eigenvalue weighted by atomic mass is 32.1. The molecule has 1 N–H and O–H groups in total. The average molecular weight is 241 g/mol. The van der Waals surface area contributed by atoms with Crippen LogP contribution in [0.5, 0.6) is 0 Å². The molecule has 0 aliphatic carbocycles. The minimum Gasteiger partial charge on any atom is -0.381 e. The van der Waals surface area contributed by atoms with Crippen molar-refractivity contribution in [1.82, 2.24) is 10.3 Å². The average Bonchev–Trinajstić information content (AvgIpc) is 2.76. The molecule has 1 aromatic rings. The fourth-order valence-electron chi connectivity index (χ4n) is 1.73. The van der Waals surface area contributed by atoms with E-state index < -0.39 is 0 Å². The zero-order valence-electron chi connectivity index (χ0n) is 9.90. The van der Waals surface area contributed by atoms with Gasteiger partial charge in [0.25, 0.3) is 0 Å². The van der Waals surface area contributed by atoms with Crippen LogP contribution in [-0.2, 0) is 11.3 Å². The predicted molar refractivity (Wildman–Crippen MR) is 67.1 cm³/mol. The Morgan fingerprint density at radius 2 is 2.25 bits per heavy atom. The third kappa shape index (κ3) is 3.17. The molecule has 0 amide bonds. The fourth-order valence-corrected chi connectivity index (χ4v) is 2.49. The first-order valence-corrected chi connectivity index (χ1v) is 6.56. The summed E-state index contributed by atoms with van der Waals surface area (Å²) in [5.74, 6) is 0. The number of rotatable bonds is 4. The molecular weight excluding hydrogens is 222 g/mol. The number of aromatic nitrogens is 1. The fraction of sp³-hybridized carbons (Fsp3) is 0.727. The number of nitrogens with one attached hydrogen (secondary N) is 1. The first-order chi connectivity index (χ1) is 7.75. The van der Waals surface area contributed by atoms with Crippen LogP contribution in [0.25, 0.3) is 0 Å². The molecule has 90 valence electrons. The number of hydrogen-bond donors (Lipinski definition) is 1. The van der Waals surface area contributed by atoms with Crippen molar-refractivity contribution in [2.24, 2.45) is 0 Å². The number of thiazole rings is 1. The van der Waals surface area contributed by atoms with Gasteiger partial charge in [0.1, 0.15) is 0 Å². The summed E-state index contributed by atoms with van der Waals surface area (Å²) in [4.78, 5) is 6.59. The molecule has 4 nitrogen and oxygen atoms in total. The van der Waals surface area contributed by atoms with Crippen molar-refractivity contribution in [3.05, 3.63) is 11.1 Å². The Morgan fingerprint density at radius 3 is 2.88 bits per heavy atom. The molecule has 1 aliphatic heterocycles. The van der Waals surface area contributed by atoms with Gasteiger partial charge in [-0.15, -0.1) is 11.3 Å². The van der Waals surface area contributed by atoms with Crippen molar-refractivity contribution >= 4 is 16.5 Å². The molecule has 1 saturated heterocycles. The van der Waals surface area contributed by atoms with E-state index in [9.17, 15) is 0 Å². The first kappa shape index (κ1) is 11.8. The SMILES string of the molecule is CN(C)c1nc(CNC2CCOCC2)cs1. The summed E-state index contributed by atoms with van der Waals surface area (Å²) in [5, 5.41) is 6.74. The van der Waals surface area contributed by atoms with E-state index >= 15 is 0 Å². The maximum absolute atomic E-state index is 5.33. The normalized spacial score (nSPS) is 17.6. The van der Waals surface area contributed by atoms with Crippen LogP contribution in [0, 0.1) is 0 Å². The van der Waals surface area contributed by atoms with Crippen molar-refractivity contribution in [1.29, 1.82) is 0 Å². The van der Waals surface area contributed by atoms with Crippen molar-refractivity contribution in [2.45, 2.75) is 25.4 Å². The lowest BCUT2D eigenvalue weighted by Crippen LogP contribution is -2.34. The molecule has 0 saturated carbocycles. The van der Waals surface area contributed by atoms with Gasteiger partial charge in [0, 0.05) is 45.3 Å². The van der Waals surface area contributed by atoms with E-state index in [0.717, 1.165) is 43.4 Å². The van der Waals surface area contributed by atoms with Gasteiger partial charge in [0.15, 0.2) is 5.13 Å². The topological polar surface area (TPSA) is 37.4 Å². The molecule has 0 aromatic carbocycles. The second kappa shape index (κ2) is 5.61. The van der Waals surface area contributed by atoms with E-state index in [2.05, 4.69) is 15.7 Å². The number of anilines is 1. The number of hydrogen-bond acceptors (Lipinski definition) is 5. The van der Waals surface area contributed by atoms with Gasteiger partial charge in [0.05, 0.1) is 5.69 Å². The molecule has 1 aliphatic rings. The van der Waals surface area contributed by atoms with Gasteiger partial charge in [-0.3, -0.25) is 0 Å². The zero-order valence-corrected chi connectivity index (χ0v) is 10.7. The van der Waals surface area contributed by atoms with E-state index in [1.807, 2.05) is 19.0 Å². The predicted octanol–water partition coefficient (Wildman–Crippen LogP) is 1.48. The van der Waals surface area contributed by atoms with Gasteiger partial charge in [-0.2, -0.15) is 0 Å². The Kier molecular flexibility index (Phi) is 4.15. The summed E-state index contributed by atoms with van der Waals surface area (Å²) < 4.78 is 5.33. The monoisotopic (exact) mass is 241 g/mol. The van der Waals surface area contributed by atoms with E-state index in [0.29, 0.717) is 6.04 Å². The van der Waals surface area contributed by atoms with Crippen LogP contribution < -0.4 is 10.2 Å². The van der Waals surface area contributed by atoms with Crippen LogP contribution >= 0.6 is 11.3 Å². The largest absolute Gasteiger partial charge is 0.381 e. The van der Waals surface area contributed by atoms with Crippen molar-refractivity contribution in [2.75, 3.05) is 32.2 Å². The second-order valence-electron chi connectivity index (χ2n) is 4.28. The van der Waals surface area contributed by atoms with Crippen molar-refractivity contribution in [3.8, 4) is 0 Å². The third-order valence-corrected chi connectivity index (χ3v) is 3.77. The zero-order chi connectivity index (χ0) is 11.4. The van der Waals surface area contributed by atoms with Gasteiger partial charge in [-0.1, -0.05) is 0 Å². The molecule has 2 heterocycles. The molecule has 0 radical (unpaired) electrons. The Labute approximate surface area is 101 Å². The Morgan fingerprint density at radius 1 is 1.50 bits per heavy atom. The lowest BCUT2D eigenvalue weighted by atomic mass is 10.1. The van der Waals surface area contributed by atoms with Gasteiger partial charge >= 0.3 is 0 Å². The molecule has 0 atom stereocenters. The van der Waals surface area contributed by atoms with E-state index in [-0.39, 0.29) is 0 Å². The Hall–Kier alpha value is -0.650. The molecule has 16 heavy (non-hydrogen) atoms. The van der Waals surface area contributed by atoms with Crippen LogP contribution in [-0.4, -0.2) is 38.3 Å². The van der Waals surface area contributed by atoms with Crippen LogP contribution in [0.15, 0.2) is 5.38 Å². The summed E-state index contributed by atoms with van der Waals surface area (Å²) in [6.07, 6.45) is 2.23. The summed E-state index contributed by atoms with van der Waals surface area (Å²) in [5.41, 5.74) is 1.14. The smallest absolute Gasteiger partial charge is 0.185 e. The Balaban J connectivity index is 1.79. The van der Waals surface area contributed by atoms with E-state index in [1.165, 1.54) is 0 Å². The van der Waals surface area contributed by atoms with Crippen molar-refractivity contribution < 1.29 is 4.74 Å². The first-order valence-electron chi connectivity index (χ1n) is 5.68. The van der Waals surface area contributed by atoms with E-state index in [1.54, 1.807) is 11.3 Å². The molecule has 0 spiro atoms. The summed E-state index contributed by atoms with van der Waals surface area (Å²) in [6.45, 7) is 2.64. The van der Waals surface area contributed by atoms with Gasteiger partial charge in [-0.05, 0) is 12.8 Å². The van der Waals surface area contributed by atoms with Crippen LogP contribution in [0.4, 0.5) is 5.13 Å². The molecule has 1 fully saturated rings. The minimum absolute atomic E-state index is 0.596. The van der Waals surface area contributed by atoms with Gasteiger partial charge in [-0.25, -0.2) is 4.98 Å². The summed E-state index contributed by atoms with van der Waals surface area (Å²) >= 11 is 1.69. The molecule has 5 heteroatoms. The molecule has 0 bridgehead atoms. The van der Waals surface area contributed by atoms with Crippen LogP contribution in [0.2, 0.25) is 0 Å². The second-order valence-corrected chi connectivity index (χ2v) is 5.12. The maximum atomic E-state index is 5.33. The molecular formula is C11H19N3OS. The lowest BCUT2D eigenvalue weighted by molar-refractivity contribution is 0.0775. The van der Waals surface area contributed by atoms with Crippen LogP contribution in [0.3, 0.4) is 0 Å². The molecule has 1 aromatic heterocycles. The highest BCUT2D eigenvalue weighted by Gasteiger charge is 2.13. The quantitative estimate of drug-likeness (QED) is 0.866. The minimum atomic E-state index is 0.596.